The van der Waals surface area contributed by atoms with Gasteiger partial charge in [0, 0.05) is 68.5 Å². The van der Waals surface area contributed by atoms with Gasteiger partial charge in [-0.2, -0.15) is 13.2 Å². The van der Waals surface area contributed by atoms with Gasteiger partial charge >= 0.3 is 6.30 Å². The van der Waals surface area contributed by atoms with Gasteiger partial charge in [0.15, 0.2) is 0 Å². The van der Waals surface area contributed by atoms with Crippen molar-refractivity contribution in [2.75, 3.05) is 49.5 Å². The maximum Gasteiger partial charge on any atom is 0.459 e. The highest BCUT2D eigenvalue weighted by Gasteiger charge is 2.50. The number of ether oxygens (including phenoxy) is 1. The number of aromatic amines is 1. The van der Waals surface area contributed by atoms with Crippen LogP contribution in [0.4, 0.5) is 39.0 Å². The first kappa shape index (κ1) is 47.2. The summed E-state index contributed by atoms with van der Waals surface area (Å²) >= 11 is 0. The van der Waals surface area contributed by atoms with Crippen LogP contribution in [0.25, 0.3) is 11.0 Å². The summed E-state index contributed by atoms with van der Waals surface area (Å²) in [5.74, 6) is -1.62. The molecule has 3 aliphatic heterocycles. The van der Waals surface area contributed by atoms with Crippen molar-refractivity contribution in [1.29, 1.82) is 0 Å². The predicted octanol–water partition coefficient (Wildman–Crippen LogP) is 9.97. The number of H-pyrrole nitrogens is 1. The number of benzene rings is 3. The molecule has 2 aromatic heterocycles. The summed E-state index contributed by atoms with van der Waals surface area (Å²) in [6.45, 7) is 4.86. The van der Waals surface area contributed by atoms with E-state index in [9.17, 15) is 36.5 Å². The average molecular weight is 965 g/mol. The van der Waals surface area contributed by atoms with Crippen LogP contribution in [0, 0.1) is 21.3 Å². The van der Waals surface area contributed by atoms with Crippen molar-refractivity contribution in [2.24, 2.45) is 5.41 Å². The van der Waals surface area contributed by atoms with Gasteiger partial charge in [-0.05, 0) is 111 Å². The van der Waals surface area contributed by atoms with Crippen LogP contribution < -0.4 is 19.7 Å². The number of rotatable bonds is 13. The number of nitrogens with one attached hydrogen (secondary N) is 3. The lowest BCUT2D eigenvalue weighted by molar-refractivity contribution is -0.384. The molecule has 3 N–H and O–H groups in total. The molecule has 1 atom stereocenters. The zero-order valence-corrected chi connectivity index (χ0v) is 38.4. The first-order valence-corrected chi connectivity index (χ1v) is 24.4. The predicted molar refractivity (Wildman–Crippen MR) is 246 cm³/mol. The summed E-state index contributed by atoms with van der Waals surface area (Å²) in [5.41, 5.74) is 0.00128. The molecular formula is C48H53F5N8O6S. The molecular weight excluding hydrogens is 912 g/mol. The summed E-state index contributed by atoms with van der Waals surface area (Å²) < 4.78 is 107. The summed E-state index contributed by atoms with van der Waals surface area (Å²) in [6, 6.07) is 17.9. The van der Waals surface area contributed by atoms with E-state index >= 15 is 8.78 Å². The highest BCUT2D eigenvalue weighted by Crippen LogP contribution is 2.54. The topological polar surface area (TPSA) is 166 Å². The number of fused-ring (bicyclic) bond motifs is 1. The minimum atomic E-state index is -4.87. The molecule has 0 bridgehead atoms. The van der Waals surface area contributed by atoms with Crippen molar-refractivity contribution in [1.82, 2.24) is 24.5 Å². The maximum absolute atomic E-state index is 16.4. The Morgan fingerprint density at radius 1 is 1.00 bits per heavy atom. The zero-order chi connectivity index (χ0) is 48.2. The molecule has 1 saturated carbocycles. The van der Waals surface area contributed by atoms with Gasteiger partial charge in [0.2, 0.25) is 0 Å². The van der Waals surface area contributed by atoms with Crippen LogP contribution in [0.2, 0.25) is 0 Å². The molecule has 1 spiro atoms. The minimum Gasteiger partial charge on any atom is -0.455 e. The van der Waals surface area contributed by atoms with Crippen molar-refractivity contribution >= 4 is 44.0 Å². The van der Waals surface area contributed by atoms with Gasteiger partial charge in [-0.1, -0.05) is 38.1 Å². The van der Waals surface area contributed by atoms with Crippen molar-refractivity contribution in [3.8, 4) is 11.5 Å². The molecule has 5 heterocycles. The van der Waals surface area contributed by atoms with Crippen LogP contribution in [0.5, 0.6) is 11.5 Å². The number of nitro groups is 1. The largest absolute Gasteiger partial charge is 0.459 e. The van der Waals surface area contributed by atoms with Gasteiger partial charge in [-0.3, -0.25) is 19.8 Å². The quantitative estimate of drug-likeness (QED) is 0.0445. The molecule has 5 aromatic rings. The lowest BCUT2D eigenvalue weighted by Gasteiger charge is -2.56. The van der Waals surface area contributed by atoms with Crippen LogP contribution in [-0.4, -0.2) is 96.3 Å². The maximum atomic E-state index is 16.4. The highest BCUT2D eigenvalue weighted by molar-refractivity contribution is 7.90. The highest BCUT2D eigenvalue weighted by atomic mass is 32.2. The summed E-state index contributed by atoms with van der Waals surface area (Å²) in [5, 5.41) is 15.3. The number of nitro benzene ring substituents is 1. The molecule has 0 unspecified atom stereocenters. The van der Waals surface area contributed by atoms with E-state index in [1.807, 2.05) is 9.62 Å². The van der Waals surface area contributed by atoms with Gasteiger partial charge in [0.25, 0.3) is 21.6 Å². The third-order valence-corrected chi connectivity index (χ3v) is 15.8. The molecule has 4 aliphatic rings. The Morgan fingerprint density at radius 3 is 2.44 bits per heavy atom. The van der Waals surface area contributed by atoms with Gasteiger partial charge < -0.3 is 19.9 Å². The van der Waals surface area contributed by atoms with E-state index in [1.165, 1.54) is 23.4 Å². The first-order chi connectivity index (χ1) is 32.3. The van der Waals surface area contributed by atoms with Crippen LogP contribution >= 0.6 is 0 Å². The fourth-order valence-electron chi connectivity index (χ4n) is 10.7. The second kappa shape index (κ2) is 18.2. The normalized spacial score (nSPS) is 20.2. The smallest absolute Gasteiger partial charge is 0.455 e. The Morgan fingerprint density at radius 2 is 1.74 bits per heavy atom. The van der Waals surface area contributed by atoms with Crippen LogP contribution in [0.15, 0.2) is 84.0 Å². The monoisotopic (exact) mass is 964 g/mol. The minimum absolute atomic E-state index is 0.129. The molecule has 1 amide bonds. The van der Waals surface area contributed by atoms with Crippen LogP contribution in [-0.2, 0) is 10.0 Å². The standard InChI is InChI=1S/C48H53F5N8O6S/c1-30(2)35-6-3-4-7-36(35)40-8-5-17-60(40)32-26-46(27-32)12-18-58(19-13-46)41-25-43(67-33-22-31-11-16-54-44(31)55-28-33)37(24-38(41)49)45(62)57-68(65,66)34-9-10-39(42(23-34)61(63)64)56-29-47(50)14-20-59(21-15-47)48(51,52)53/h3-4,6-7,9-11,16,22-25,28,30,32,40,56H,5,8,12-15,17-21,26-27,29H2,1-2H3,(H,54,55)(H,57,62)/t40-/m0/s1. The van der Waals surface area contributed by atoms with Crippen molar-refractivity contribution in [3.63, 3.8) is 0 Å². The molecule has 1 aliphatic carbocycles. The Labute approximate surface area is 390 Å². The van der Waals surface area contributed by atoms with Gasteiger partial charge in [0.1, 0.15) is 34.3 Å². The molecule has 3 aromatic carbocycles. The van der Waals surface area contributed by atoms with E-state index < -0.39 is 87.3 Å². The van der Waals surface area contributed by atoms with E-state index in [0.29, 0.717) is 48.2 Å². The number of hydrogen-bond donors (Lipinski definition) is 3. The molecule has 4 fully saturated rings. The van der Waals surface area contributed by atoms with Crippen LogP contribution in [0.1, 0.15) is 98.7 Å². The number of carbonyl (C=O) groups is 1. The fourth-order valence-corrected chi connectivity index (χ4v) is 11.6. The molecule has 20 heteroatoms. The van der Waals surface area contributed by atoms with Gasteiger partial charge in [-0.25, -0.2) is 31.8 Å². The van der Waals surface area contributed by atoms with E-state index in [1.54, 1.807) is 18.3 Å². The van der Waals surface area contributed by atoms with Crippen molar-refractivity contribution in [2.45, 2.75) is 100 Å². The number of amides is 1. The average Bonchev–Trinajstić information content (AvgIpc) is 3.98. The third-order valence-electron chi connectivity index (χ3n) is 14.5. The van der Waals surface area contributed by atoms with Crippen molar-refractivity contribution < 1.29 is 44.8 Å². The van der Waals surface area contributed by atoms with E-state index in [2.05, 4.69) is 58.3 Å². The molecule has 362 valence electrons. The van der Waals surface area contributed by atoms with Crippen molar-refractivity contribution in [3.05, 3.63) is 112 Å². The second-order valence-corrected chi connectivity index (χ2v) is 20.7. The molecule has 14 nitrogen and oxygen atoms in total. The third kappa shape index (κ3) is 9.58. The number of anilines is 2. The Kier molecular flexibility index (Phi) is 12.7. The number of aromatic nitrogens is 2. The van der Waals surface area contributed by atoms with E-state index in [-0.39, 0.29) is 33.2 Å². The van der Waals surface area contributed by atoms with E-state index in [0.717, 1.165) is 63.3 Å². The Bertz CT molecular complexity index is 2820. The number of nitrogens with zero attached hydrogens (tertiary/aromatic N) is 5. The first-order valence-electron chi connectivity index (χ1n) is 22.9. The second-order valence-electron chi connectivity index (χ2n) is 19.0. The number of halogens is 5. The summed E-state index contributed by atoms with van der Waals surface area (Å²) in [7, 11) is -4.87. The van der Waals surface area contributed by atoms with E-state index in [4.69, 9.17) is 4.74 Å². The molecule has 9 rings (SSSR count). The van der Waals surface area contributed by atoms with Crippen LogP contribution in [0.3, 0.4) is 0 Å². The zero-order valence-electron chi connectivity index (χ0n) is 37.6. The van der Waals surface area contributed by atoms with Gasteiger partial charge in [0.05, 0.1) is 27.3 Å². The Hall–Kier alpha value is -5.86. The number of alkyl halides is 4. The molecule has 0 radical (unpaired) electrons. The van der Waals surface area contributed by atoms with Gasteiger partial charge in [-0.15, -0.1) is 0 Å². The number of pyridine rings is 1. The number of likely N-dealkylation sites (tertiary alicyclic amines) is 2. The fraction of sp³-hybridized carbons (Fsp3) is 0.458. The summed E-state index contributed by atoms with van der Waals surface area (Å²) in [6.07, 6.45) is 3.56. The Balaban J connectivity index is 0.907. The lowest BCUT2D eigenvalue weighted by Crippen LogP contribution is -2.55. The molecule has 68 heavy (non-hydrogen) atoms. The molecule has 3 saturated heterocycles. The summed E-state index contributed by atoms with van der Waals surface area (Å²) in [4.78, 5) is 36.5. The SMILES string of the molecule is CC(C)c1ccccc1[C@@H]1CCCN1C1CC2(CCN(c3cc(Oc4cnc5[nH]ccc5c4)c(C(=O)NS(=O)(=O)c4ccc(NCC5(F)CCN(C(F)(F)F)CC5)c([N+](=O)[O-])c4)cc3F)CC2)C1. The lowest BCUT2D eigenvalue weighted by atomic mass is 9.59. The number of carbonyl (C=O) groups excluding carboxylic acids is 1. The number of piperidine rings is 2. The number of sulfonamides is 1. The number of hydrogen-bond acceptors (Lipinski definition) is 11.